The van der Waals surface area contributed by atoms with Gasteiger partial charge < -0.3 is 14.9 Å². The van der Waals surface area contributed by atoms with Crippen LogP contribution in [-0.4, -0.2) is 76.5 Å². The van der Waals surface area contributed by atoms with Gasteiger partial charge in [-0.2, -0.15) is 5.26 Å². The summed E-state index contributed by atoms with van der Waals surface area (Å²) in [6, 6.07) is 7.17. The number of hydrogen-bond donors (Lipinski definition) is 1. The van der Waals surface area contributed by atoms with Crippen LogP contribution >= 0.6 is 0 Å². The molecule has 1 aromatic carbocycles. The Hall–Kier alpha value is -2.92. The van der Waals surface area contributed by atoms with Crippen molar-refractivity contribution in [1.29, 1.82) is 5.26 Å². The van der Waals surface area contributed by atoms with Crippen molar-refractivity contribution in [3.8, 4) is 6.07 Å². The summed E-state index contributed by atoms with van der Waals surface area (Å²) in [5.74, 6) is -0.619. The molecule has 2 aliphatic rings. The van der Waals surface area contributed by atoms with Crippen LogP contribution in [0.5, 0.6) is 0 Å². The standard InChI is InChI=1S/C16H16N4O4/c17-9-11-1-3-12(4-2-11)14(22)18-5-6-19-13(10-18)15(23)20(7-8-21)16(19)24/h1-4,13,21H,5-8,10H2/t13-/m1/s1. The molecule has 8 heteroatoms. The van der Waals surface area contributed by atoms with E-state index in [0.717, 1.165) is 4.90 Å². The van der Waals surface area contributed by atoms with Crippen LogP contribution in [0.25, 0.3) is 0 Å². The van der Waals surface area contributed by atoms with Gasteiger partial charge >= 0.3 is 6.03 Å². The Balaban J connectivity index is 1.74. The van der Waals surface area contributed by atoms with E-state index in [9.17, 15) is 14.4 Å². The summed E-state index contributed by atoms with van der Waals surface area (Å²) in [7, 11) is 0. The van der Waals surface area contributed by atoms with Gasteiger partial charge in [0, 0.05) is 18.7 Å². The Morgan fingerprint density at radius 2 is 1.96 bits per heavy atom. The summed E-state index contributed by atoms with van der Waals surface area (Å²) >= 11 is 0. The van der Waals surface area contributed by atoms with Crippen molar-refractivity contribution in [2.75, 3.05) is 32.8 Å². The number of piperazine rings is 1. The number of rotatable bonds is 3. The number of fused-ring (bicyclic) bond motifs is 1. The zero-order chi connectivity index (χ0) is 17.3. The maximum atomic E-state index is 12.6. The summed E-state index contributed by atoms with van der Waals surface area (Å²) in [5.41, 5.74) is 0.902. The molecule has 0 spiro atoms. The Morgan fingerprint density at radius 3 is 2.58 bits per heavy atom. The molecule has 1 aromatic rings. The van der Waals surface area contributed by atoms with Crippen molar-refractivity contribution in [2.45, 2.75) is 6.04 Å². The lowest BCUT2D eigenvalue weighted by Gasteiger charge is -2.35. The van der Waals surface area contributed by atoms with E-state index >= 15 is 0 Å². The number of carbonyl (C=O) groups excluding carboxylic acids is 3. The first-order valence-electron chi connectivity index (χ1n) is 7.59. The highest BCUT2D eigenvalue weighted by Crippen LogP contribution is 2.23. The molecule has 0 unspecified atom stereocenters. The molecule has 4 amide bonds. The van der Waals surface area contributed by atoms with Gasteiger partial charge in [0.25, 0.3) is 11.8 Å². The minimum absolute atomic E-state index is 0.0335. The molecule has 1 atom stereocenters. The zero-order valence-corrected chi connectivity index (χ0v) is 12.9. The van der Waals surface area contributed by atoms with Crippen LogP contribution in [0.2, 0.25) is 0 Å². The van der Waals surface area contributed by atoms with E-state index in [1.54, 1.807) is 24.3 Å². The number of benzene rings is 1. The van der Waals surface area contributed by atoms with Gasteiger partial charge in [-0.3, -0.25) is 14.5 Å². The van der Waals surface area contributed by atoms with Crippen LogP contribution < -0.4 is 0 Å². The number of urea groups is 1. The summed E-state index contributed by atoms with van der Waals surface area (Å²) in [6.45, 7) is 0.423. The van der Waals surface area contributed by atoms with E-state index in [0.29, 0.717) is 17.7 Å². The minimum atomic E-state index is -0.694. The molecule has 2 fully saturated rings. The minimum Gasteiger partial charge on any atom is -0.395 e. The number of aliphatic hydroxyl groups excluding tert-OH is 1. The molecule has 24 heavy (non-hydrogen) atoms. The number of β-amino-alcohol motifs (C(OH)–C–C–N with tert-alkyl or cyclic N) is 1. The number of amides is 4. The lowest BCUT2D eigenvalue weighted by molar-refractivity contribution is -0.129. The van der Waals surface area contributed by atoms with Crippen LogP contribution in [0.15, 0.2) is 24.3 Å². The predicted octanol–water partition coefficient (Wildman–Crippen LogP) is -0.361. The molecule has 0 aliphatic carbocycles. The normalized spacial score (nSPS) is 20.2. The monoisotopic (exact) mass is 328 g/mol. The molecule has 8 nitrogen and oxygen atoms in total. The molecule has 3 rings (SSSR count). The Bertz CT molecular complexity index is 725. The fourth-order valence-corrected chi connectivity index (χ4v) is 3.01. The molecular weight excluding hydrogens is 312 g/mol. The quantitative estimate of drug-likeness (QED) is 0.763. The average molecular weight is 328 g/mol. The maximum absolute atomic E-state index is 12.6. The van der Waals surface area contributed by atoms with Crippen LogP contribution in [-0.2, 0) is 4.79 Å². The smallest absolute Gasteiger partial charge is 0.327 e. The summed E-state index contributed by atoms with van der Waals surface area (Å²) in [4.78, 5) is 41.0. The zero-order valence-electron chi connectivity index (χ0n) is 12.9. The lowest BCUT2D eigenvalue weighted by atomic mass is 10.1. The van der Waals surface area contributed by atoms with Crippen molar-refractivity contribution in [3.63, 3.8) is 0 Å². The van der Waals surface area contributed by atoms with E-state index in [-0.39, 0.29) is 38.1 Å². The van der Waals surface area contributed by atoms with Gasteiger partial charge in [0.2, 0.25) is 0 Å². The number of nitriles is 1. The number of hydrogen-bond acceptors (Lipinski definition) is 5. The van der Waals surface area contributed by atoms with Crippen molar-refractivity contribution in [2.24, 2.45) is 0 Å². The topological polar surface area (TPSA) is 105 Å². The average Bonchev–Trinajstić information content (AvgIpc) is 2.86. The van der Waals surface area contributed by atoms with Gasteiger partial charge in [-0.1, -0.05) is 0 Å². The molecule has 1 N–H and O–H groups in total. The predicted molar refractivity (Wildman–Crippen MR) is 81.7 cm³/mol. The summed E-state index contributed by atoms with van der Waals surface area (Å²) in [6.07, 6.45) is 0. The van der Waals surface area contributed by atoms with Gasteiger partial charge in [-0.25, -0.2) is 4.79 Å². The highest BCUT2D eigenvalue weighted by atomic mass is 16.3. The van der Waals surface area contributed by atoms with Crippen molar-refractivity contribution >= 4 is 17.8 Å². The molecule has 0 bridgehead atoms. The summed E-state index contributed by atoms with van der Waals surface area (Å²) < 4.78 is 0. The van der Waals surface area contributed by atoms with E-state index in [2.05, 4.69) is 0 Å². The number of aliphatic hydroxyl groups is 1. The third kappa shape index (κ3) is 2.59. The third-order valence-corrected chi connectivity index (χ3v) is 4.28. The van der Waals surface area contributed by atoms with Gasteiger partial charge in [0.1, 0.15) is 6.04 Å². The number of nitrogens with zero attached hydrogens (tertiary/aromatic N) is 4. The van der Waals surface area contributed by atoms with E-state index < -0.39 is 12.1 Å². The Labute approximate surface area is 138 Å². The third-order valence-electron chi connectivity index (χ3n) is 4.28. The first-order valence-corrected chi connectivity index (χ1v) is 7.59. The number of carbonyl (C=O) groups is 3. The van der Waals surface area contributed by atoms with E-state index in [1.807, 2.05) is 6.07 Å². The van der Waals surface area contributed by atoms with E-state index in [1.165, 1.54) is 9.80 Å². The fourth-order valence-electron chi connectivity index (χ4n) is 3.01. The molecule has 0 aromatic heterocycles. The molecule has 2 saturated heterocycles. The first kappa shape index (κ1) is 16.0. The SMILES string of the molecule is N#Cc1ccc(C(=O)N2CCN3C(=O)N(CCO)C(=O)[C@H]3C2)cc1. The first-order chi connectivity index (χ1) is 11.6. The lowest BCUT2D eigenvalue weighted by Crippen LogP contribution is -2.54. The second-order valence-corrected chi connectivity index (χ2v) is 5.65. The van der Waals surface area contributed by atoms with Crippen LogP contribution in [0.4, 0.5) is 4.79 Å². The summed E-state index contributed by atoms with van der Waals surface area (Å²) in [5, 5.41) is 17.8. The molecule has 0 saturated carbocycles. The maximum Gasteiger partial charge on any atom is 0.327 e. The molecule has 0 radical (unpaired) electrons. The highest BCUT2D eigenvalue weighted by Gasteiger charge is 2.48. The van der Waals surface area contributed by atoms with Crippen molar-refractivity contribution in [1.82, 2.24) is 14.7 Å². The molecule has 2 heterocycles. The van der Waals surface area contributed by atoms with Crippen LogP contribution in [0, 0.1) is 11.3 Å². The van der Waals surface area contributed by atoms with Gasteiger partial charge in [-0.15, -0.1) is 0 Å². The van der Waals surface area contributed by atoms with Gasteiger partial charge in [-0.05, 0) is 24.3 Å². The second-order valence-electron chi connectivity index (χ2n) is 5.65. The second kappa shape index (κ2) is 6.29. The van der Waals surface area contributed by atoms with Crippen LogP contribution in [0.1, 0.15) is 15.9 Å². The fraction of sp³-hybridized carbons (Fsp3) is 0.375. The van der Waals surface area contributed by atoms with Crippen molar-refractivity contribution in [3.05, 3.63) is 35.4 Å². The Morgan fingerprint density at radius 1 is 1.25 bits per heavy atom. The molecular formula is C16H16N4O4. The van der Waals surface area contributed by atoms with Gasteiger partial charge in [0.15, 0.2) is 0 Å². The van der Waals surface area contributed by atoms with E-state index in [4.69, 9.17) is 10.4 Å². The largest absolute Gasteiger partial charge is 0.395 e. The van der Waals surface area contributed by atoms with Crippen molar-refractivity contribution < 1.29 is 19.5 Å². The van der Waals surface area contributed by atoms with Gasteiger partial charge in [0.05, 0.1) is 31.3 Å². The highest BCUT2D eigenvalue weighted by molar-refractivity contribution is 6.05. The molecule has 2 aliphatic heterocycles. The number of imide groups is 1. The Kier molecular flexibility index (Phi) is 4.18. The molecule has 124 valence electrons. The van der Waals surface area contributed by atoms with Crippen LogP contribution in [0.3, 0.4) is 0 Å².